The van der Waals surface area contributed by atoms with Crippen LogP contribution in [0, 0.1) is 17.8 Å². The molecule has 1 heteroatoms. The molecule has 0 aromatic rings. The molecule has 0 heterocycles. The predicted molar refractivity (Wildman–Crippen MR) is 58.6 cm³/mol. The van der Waals surface area contributed by atoms with E-state index in [1.54, 1.807) is 0 Å². The van der Waals surface area contributed by atoms with Crippen molar-refractivity contribution >= 4 is 0 Å². The fourth-order valence-electron chi connectivity index (χ4n) is 2.74. The number of rotatable bonds is 3. The smallest absolute Gasteiger partial charge is 0.00930 e. The summed E-state index contributed by atoms with van der Waals surface area (Å²) in [6.07, 6.45) is 6.95. The van der Waals surface area contributed by atoms with Crippen molar-refractivity contribution in [2.24, 2.45) is 23.5 Å². The summed E-state index contributed by atoms with van der Waals surface area (Å²) in [6.45, 7) is 6.83. The van der Waals surface area contributed by atoms with Gasteiger partial charge in [-0.25, -0.2) is 0 Å². The van der Waals surface area contributed by atoms with E-state index in [2.05, 4.69) is 20.8 Å². The molecule has 13 heavy (non-hydrogen) atoms. The SMILES string of the molecule is CCC1CCCCC1C(N)C(C)C. The average Bonchev–Trinajstić information content (AvgIpc) is 2.16. The highest BCUT2D eigenvalue weighted by Gasteiger charge is 2.29. The lowest BCUT2D eigenvalue weighted by Crippen LogP contribution is -2.40. The molecule has 3 unspecified atom stereocenters. The van der Waals surface area contributed by atoms with E-state index in [1.165, 1.54) is 32.1 Å². The summed E-state index contributed by atoms with van der Waals surface area (Å²) in [4.78, 5) is 0. The number of nitrogens with two attached hydrogens (primary N) is 1. The van der Waals surface area contributed by atoms with Gasteiger partial charge in [0.25, 0.3) is 0 Å². The van der Waals surface area contributed by atoms with Gasteiger partial charge in [0.05, 0.1) is 0 Å². The van der Waals surface area contributed by atoms with Gasteiger partial charge in [0.1, 0.15) is 0 Å². The Kier molecular flexibility index (Phi) is 4.24. The van der Waals surface area contributed by atoms with E-state index in [-0.39, 0.29) is 0 Å². The Morgan fingerprint density at radius 3 is 2.38 bits per heavy atom. The Balaban J connectivity index is 2.53. The van der Waals surface area contributed by atoms with Gasteiger partial charge >= 0.3 is 0 Å². The molecule has 1 aliphatic rings. The molecule has 0 aliphatic heterocycles. The second-order valence-electron chi connectivity index (χ2n) is 4.94. The van der Waals surface area contributed by atoms with Gasteiger partial charge < -0.3 is 5.73 Å². The van der Waals surface area contributed by atoms with Crippen LogP contribution in [0.3, 0.4) is 0 Å². The zero-order valence-corrected chi connectivity index (χ0v) is 9.42. The molecule has 0 aromatic carbocycles. The molecule has 1 saturated carbocycles. The first-order chi connectivity index (χ1) is 6.16. The minimum Gasteiger partial charge on any atom is -0.327 e. The van der Waals surface area contributed by atoms with Gasteiger partial charge in [0.2, 0.25) is 0 Å². The summed E-state index contributed by atoms with van der Waals surface area (Å²) < 4.78 is 0. The molecule has 3 atom stereocenters. The Morgan fingerprint density at radius 1 is 1.23 bits per heavy atom. The highest BCUT2D eigenvalue weighted by atomic mass is 14.7. The van der Waals surface area contributed by atoms with Gasteiger partial charge in [0.15, 0.2) is 0 Å². The molecule has 1 fully saturated rings. The van der Waals surface area contributed by atoms with Crippen LogP contribution in [0.5, 0.6) is 0 Å². The van der Waals surface area contributed by atoms with Gasteiger partial charge in [-0.1, -0.05) is 46.5 Å². The van der Waals surface area contributed by atoms with Gasteiger partial charge in [-0.3, -0.25) is 0 Å². The normalized spacial score (nSPS) is 32.1. The Morgan fingerprint density at radius 2 is 1.85 bits per heavy atom. The Labute approximate surface area is 83.1 Å². The van der Waals surface area contributed by atoms with Crippen LogP contribution in [-0.2, 0) is 0 Å². The van der Waals surface area contributed by atoms with Gasteiger partial charge in [0, 0.05) is 6.04 Å². The van der Waals surface area contributed by atoms with Crippen LogP contribution in [0.15, 0.2) is 0 Å². The molecule has 1 aliphatic carbocycles. The van der Waals surface area contributed by atoms with Crippen molar-refractivity contribution in [1.29, 1.82) is 0 Å². The largest absolute Gasteiger partial charge is 0.327 e. The van der Waals surface area contributed by atoms with Crippen LogP contribution in [0.1, 0.15) is 52.9 Å². The topological polar surface area (TPSA) is 26.0 Å². The zero-order chi connectivity index (χ0) is 9.84. The second-order valence-corrected chi connectivity index (χ2v) is 4.94. The number of hydrogen-bond donors (Lipinski definition) is 1. The maximum Gasteiger partial charge on any atom is 0.00930 e. The van der Waals surface area contributed by atoms with Gasteiger partial charge in [-0.2, -0.15) is 0 Å². The van der Waals surface area contributed by atoms with E-state index in [4.69, 9.17) is 5.73 Å². The van der Waals surface area contributed by atoms with E-state index >= 15 is 0 Å². The molecule has 1 nitrogen and oxygen atoms in total. The lowest BCUT2D eigenvalue weighted by atomic mass is 9.72. The lowest BCUT2D eigenvalue weighted by molar-refractivity contribution is 0.171. The van der Waals surface area contributed by atoms with Crippen LogP contribution < -0.4 is 5.73 Å². The molecule has 0 radical (unpaired) electrons. The first kappa shape index (κ1) is 11.0. The summed E-state index contributed by atoms with van der Waals surface area (Å²) in [6, 6.07) is 0.435. The van der Waals surface area contributed by atoms with Crippen LogP contribution in [-0.4, -0.2) is 6.04 Å². The van der Waals surface area contributed by atoms with E-state index in [1.807, 2.05) is 0 Å². The molecular formula is C12H25N. The minimum absolute atomic E-state index is 0.435. The highest BCUT2D eigenvalue weighted by molar-refractivity contribution is 4.84. The lowest BCUT2D eigenvalue weighted by Gasteiger charge is -2.36. The fraction of sp³-hybridized carbons (Fsp3) is 1.00. The van der Waals surface area contributed by atoms with Crippen LogP contribution in [0.4, 0.5) is 0 Å². The molecular weight excluding hydrogens is 158 g/mol. The van der Waals surface area contributed by atoms with E-state index < -0.39 is 0 Å². The number of hydrogen-bond acceptors (Lipinski definition) is 1. The summed E-state index contributed by atoms with van der Waals surface area (Å²) in [5.74, 6) is 2.36. The molecule has 0 aromatic heterocycles. The molecule has 0 spiro atoms. The summed E-state index contributed by atoms with van der Waals surface area (Å²) in [7, 11) is 0. The molecule has 1 rings (SSSR count). The summed E-state index contributed by atoms with van der Waals surface area (Å²) in [5.41, 5.74) is 6.26. The third-order valence-electron chi connectivity index (χ3n) is 3.76. The quantitative estimate of drug-likeness (QED) is 0.714. The Bertz CT molecular complexity index is 140. The van der Waals surface area contributed by atoms with Crippen molar-refractivity contribution < 1.29 is 0 Å². The molecule has 2 N–H and O–H groups in total. The summed E-state index contributed by atoms with van der Waals surface area (Å²) >= 11 is 0. The first-order valence-electron chi connectivity index (χ1n) is 5.92. The van der Waals surface area contributed by atoms with Crippen LogP contribution >= 0.6 is 0 Å². The highest BCUT2D eigenvalue weighted by Crippen LogP contribution is 2.35. The van der Waals surface area contributed by atoms with E-state index in [0.717, 1.165) is 11.8 Å². The third-order valence-corrected chi connectivity index (χ3v) is 3.76. The van der Waals surface area contributed by atoms with Crippen LogP contribution in [0.2, 0.25) is 0 Å². The van der Waals surface area contributed by atoms with Crippen molar-refractivity contribution in [2.75, 3.05) is 0 Å². The van der Waals surface area contributed by atoms with Crippen molar-refractivity contribution in [3.05, 3.63) is 0 Å². The standard InChI is InChI=1S/C12H25N/c1-4-10-7-5-6-8-11(10)12(13)9(2)3/h9-12H,4-8,13H2,1-3H3. The fourth-order valence-corrected chi connectivity index (χ4v) is 2.74. The van der Waals surface area contributed by atoms with Crippen LogP contribution in [0.25, 0.3) is 0 Å². The molecule has 0 amide bonds. The second kappa shape index (κ2) is 4.99. The van der Waals surface area contributed by atoms with Crippen molar-refractivity contribution in [3.8, 4) is 0 Å². The van der Waals surface area contributed by atoms with Gasteiger partial charge in [-0.05, 0) is 24.2 Å². The third kappa shape index (κ3) is 2.70. The van der Waals surface area contributed by atoms with Gasteiger partial charge in [-0.15, -0.1) is 0 Å². The zero-order valence-electron chi connectivity index (χ0n) is 9.42. The van der Waals surface area contributed by atoms with Crippen molar-refractivity contribution in [3.63, 3.8) is 0 Å². The first-order valence-corrected chi connectivity index (χ1v) is 5.92. The average molecular weight is 183 g/mol. The van der Waals surface area contributed by atoms with E-state index in [0.29, 0.717) is 12.0 Å². The maximum absolute atomic E-state index is 6.26. The monoisotopic (exact) mass is 183 g/mol. The molecule has 78 valence electrons. The van der Waals surface area contributed by atoms with Crippen molar-refractivity contribution in [2.45, 2.75) is 58.9 Å². The van der Waals surface area contributed by atoms with Crippen molar-refractivity contribution in [1.82, 2.24) is 0 Å². The molecule has 0 saturated heterocycles. The molecule has 0 bridgehead atoms. The Hall–Kier alpha value is -0.0400. The minimum atomic E-state index is 0.435. The van der Waals surface area contributed by atoms with E-state index in [9.17, 15) is 0 Å². The predicted octanol–water partition coefficient (Wildman–Crippen LogP) is 3.19. The maximum atomic E-state index is 6.26. The summed E-state index contributed by atoms with van der Waals surface area (Å²) in [5, 5.41) is 0.